The minimum atomic E-state index is -2.98. The van der Waals surface area contributed by atoms with Crippen molar-refractivity contribution in [2.75, 3.05) is 0 Å². The van der Waals surface area contributed by atoms with Gasteiger partial charge in [-0.05, 0) is 55.3 Å². The number of rotatable bonds is 5. The molecule has 0 aliphatic heterocycles. The lowest BCUT2D eigenvalue weighted by Crippen LogP contribution is -2.28. The van der Waals surface area contributed by atoms with Crippen LogP contribution in [-0.2, 0) is 9.37 Å². The third-order valence-corrected chi connectivity index (χ3v) is 5.79. The van der Waals surface area contributed by atoms with E-state index in [1.807, 2.05) is 0 Å². The highest BCUT2D eigenvalue weighted by Crippen LogP contribution is 2.62. The van der Waals surface area contributed by atoms with E-state index in [2.05, 4.69) is 9.37 Å². The van der Waals surface area contributed by atoms with E-state index in [1.54, 1.807) is 0 Å². The van der Waals surface area contributed by atoms with Crippen molar-refractivity contribution in [3.05, 3.63) is 0 Å². The number of fused-ring (bicyclic) bond motifs is 5. The van der Waals surface area contributed by atoms with Gasteiger partial charge in [0.1, 0.15) is 12.0 Å². The van der Waals surface area contributed by atoms with Crippen molar-refractivity contribution in [1.29, 1.82) is 0 Å². The van der Waals surface area contributed by atoms with Crippen molar-refractivity contribution in [2.24, 2.45) is 29.6 Å². The van der Waals surface area contributed by atoms with Gasteiger partial charge in [-0.25, -0.2) is 5.26 Å². The molecule has 0 heterocycles. The largest absolute Gasteiger partial charge is 0.321 e. The molecule has 0 aromatic heterocycles. The van der Waals surface area contributed by atoms with E-state index < -0.39 is 5.25 Å². The summed E-state index contributed by atoms with van der Waals surface area (Å²) < 4.78 is 31.1. The Bertz CT molecular complexity index is 316. The lowest BCUT2D eigenvalue weighted by Gasteiger charge is -2.32. The fourth-order valence-corrected chi connectivity index (χ4v) is 5.26. The summed E-state index contributed by atoms with van der Waals surface area (Å²) in [5.41, 5.74) is 0. The van der Waals surface area contributed by atoms with Gasteiger partial charge in [0.2, 0.25) is 0 Å². The van der Waals surface area contributed by atoms with E-state index in [9.17, 15) is 8.78 Å². The van der Waals surface area contributed by atoms with Gasteiger partial charge >= 0.3 is 5.25 Å². The zero-order valence-electron chi connectivity index (χ0n) is 10.1. The first-order valence-electron chi connectivity index (χ1n) is 6.64. The lowest BCUT2D eigenvalue weighted by molar-refractivity contribution is -0.433. The number of hydrogen-bond acceptors (Lipinski definition) is 4. The van der Waals surface area contributed by atoms with Gasteiger partial charge in [-0.3, -0.25) is 0 Å². The van der Waals surface area contributed by atoms with Crippen molar-refractivity contribution >= 4 is 12.0 Å². The average molecular weight is 280 g/mol. The van der Waals surface area contributed by atoms with Gasteiger partial charge in [0.25, 0.3) is 0 Å². The molecule has 0 saturated heterocycles. The summed E-state index contributed by atoms with van der Waals surface area (Å²) in [6.45, 7) is 0. The molecule has 1 N–H and O–H groups in total. The van der Waals surface area contributed by atoms with Gasteiger partial charge in [0.05, 0.1) is 0 Å². The summed E-state index contributed by atoms with van der Waals surface area (Å²) in [6, 6.07) is 0. The molecular weight excluding hydrogens is 262 g/mol. The van der Waals surface area contributed by atoms with Gasteiger partial charge in [0.15, 0.2) is 0 Å². The van der Waals surface area contributed by atoms with Crippen LogP contribution in [0.2, 0.25) is 0 Å². The molecule has 3 aliphatic carbocycles. The van der Waals surface area contributed by atoms with E-state index in [-0.39, 0.29) is 24.4 Å². The molecule has 5 atom stereocenters. The Labute approximate surface area is 109 Å². The first kappa shape index (κ1) is 13.1. The highest BCUT2D eigenvalue weighted by atomic mass is 32.2. The Balaban J connectivity index is 1.59. The fraction of sp³-hybridized carbons (Fsp3) is 1.00. The molecule has 5 unspecified atom stereocenters. The summed E-state index contributed by atoms with van der Waals surface area (Å²) in [5, 5.41) is 8.22. The average Bonchev–Trinajstić information content (AvgIpc) is 2.96. The van der Waals surface area contributed by atoms with Crippen molar-refractivity contribution in [2.45, 2.75) is 43.8 Å². The standard InChI is InChI=1S/C12H18F2O3S/c13-12(14,18-17-16-15)6-8-4-7-5-11(8)10-3-1-2-9(7)10/h7-11,15H,1-6H2. The van der Waals surface area contributed by atoms with Crippen LogP contribution in [0.3, 0.4) is 0 Å². The summed E-state index contributed by atoms with van der Waals surface area (Å²) in [7, 11) is 0. The lowest BCUT2D eigenvalue weighted by atomic mass is 9.74. The minimum absolute atomic E-state index is 0.0874. The van der Waals surface area contributed by atoms with Crippen LogP contribution in [0.15, 0.2) is 0 Å². The molecule has 3 rings (SSSR count). The summed E-state index contributed by atoms with van der Waals surface area (Å²) >= 11 is -0.0874. The van der Waals surface area contributed by atoms with Gasteiger partial charge in [-0.15, -0.1) is 4.33 Å². The molecule has 18 heavy (non-hydrogen) atoms. The van der Waals surface area contributed by atoms with Crippen LogP contribution in [0.1, 0.15) is 38.5 Å². The van der Waals surface area contributed by atoms with Gasteiger partial charge in [0, 0.05) is 6.42 Å². The third-order valence-electron chi connectivity index (χ3n) is 5.25. The maximum Gasteiger partial charge on any atom is 0.321 e. The van der Waals surface area contributed by atoms with Crippen LogP contribution in [0, 0.1) is 29.6 Å². The Hall–Kier alpha value is 0.0900. The predicted octanol–water partition coefficient (Wildman–Crippen LogP) is 4.11. The molecule has 0 aromatic rings. The Morgan fingerprint density at radius 2 is 1.94 bits per heavy atom. The van der Waals surface area contributed by atoms with Crippen molar-refractivity contribution in [3.8, 4) is 0 Å². The second-order valence-electron chi connectivity index (χ2n) is 5.98. The maximum absolute atomic E-state index is 13.6. The molecule has 0 spiro atoms. The van der Waals surface area contributed by atoms with Crippen LogP contribution in [0.5, 0.6) is 0 Å². The summed E-state index contributed by atoms with van der Waals surface area (Å²) in [6.07, 6.45) is 5.76. The van der Waals surface area contributed by atoms with Crippen LogP contribution >= 0.6 is 12.0 Å². The number of hydrogen-bond donors (Lipinski definition) is 1. The van der Waals surface area contributed by atoms with Crippen molar-refractivity contribution in [1.82, 2.24) is 0 Å². The molecular formula is C12H18F2O3S. The van der Waals surface area contributed by atoms with Crippen LogP contribution in [0.4, 0.5) is 8.78 Å². The number of alkyl halides is 2. The summed E-state index contributed by atoms with van der Waals surface area (Å²) in [5.74, 6) is 2.81. The van der Waals surface area contributed by atoms with Crippen LogP contribution in [0.25, 0.3) is 0 Å². The molecule has 6 heteroatoms. The van der Waals surface area contributed by atoms with Crippen LogP contribution in [-0.4, -0.2) is 10.5 Å². The minimum Gasteiger partial charge on any atom is -0.220 e. The molecule has 3 fully saturated rings. The first-order chi connectivity index (χ1) is 8.61. The molecule has 3 saturated carbocycles. The number of halogens is 2. The van der Waals surface area contributed by atoms with Gasteiger partial charge in [-0.1, -0.05) is 11.5 Å². The molecule has 0 radical (unpaired) electrons. The van der Waals surface area contributed by atoms with Crippen LogP contribution < -0.4 is 0 Å². The van der Waals surface area contributed by atoms with E-state index in [1.165, 1.54) is 19.3 Å². The second kappa shape index (κ2) is 4.89. The Kier molecular flexibility index (Phi) is 3.55. The quantitative estimate of drug-likeness (QED) is 0.467. The molecule has 104 valence electrons. The van der Waals surface area contributed by atoms with E-state index in [0.717, 1.165) is 18.8 Å². The van der Waals surface area contributed by atoms with E-state index in [0.29, 0.717) is 17.8 Å². The fourth-order valence-electron chi connectivity index (χ4n) is 4.85. The van der Waals surface area contributed by atoms with Crippen molar-refractivity contribution < 1.29 is 23.4 Å². The highest BCUT2D eigenvalue weighted by molar-refractivity contribution is 7.95. The van der Waals surface area contributed by atoms with Crippen molar-refractivity contribution in [3.63, 3.8) is 0 Å². The zero-order chi connectivity index (χ0) is 12.8. The third kappa shape index (κ3) is 2.28. The second-order valence-corrected chi connectivity index (χ2v) is 6.88. The first-order valence-corrected chi connectivity index (χ1v) is 7.38. The monoisotopic (exact) mass is 280 g/mol. The molecule has 0 aromatic carbocycles. The molecule has 0 amide bonds. The maximum atomic E-state index is 13.6. The molecule has 3 nitrogen and oxygen atoms in total. The normalized spacial score (nSPS) is 42.5. The van der Waals surface area contributed by atoms with E-state index >= 15 is 0 Å². The zero-order valence-corrected chi connectivity index (χ0v) is 10.9. The molecule has 2 bridgehead atoms. The highest BCUT2D eigenvalue weighted by Gasteiger charge is 2.55. The Morgan fingerprint density at radius 3 is 2.72 bits per heavy atom. The Morgan fingerprint density at radius 1 is 1.17 bits per heavy atom. The molecule has 3 aliphatic rings. The SMILES string of the molecule is OOOSC(F)(F)CC1CC2CC1C1CCCC21. The predicted molar refractivity (Wildman–Crippen MR) is 62.5 cm³/mol. The van der Waals surface area contributed by atoms with E-state index in [4.69, 9.17) is 5.26 Å². The summed E-state index contributed by atoms with van der Waals surface area (Å²) in [4.78, 5) is 0. The topological polar surface area (TPSA) is 38.7 Å². The van der Waals surface area contributed by atoms with Gasteiger partial charge < -0.3 is 0 Å². The smallest absolute Gasteiger partial charge is 0.220 e. The van der Waals surface area contributed by atoms with Gasteiger partial charge in [-0.2, -0.15) is 8.78 Å².